The van der Waals surface area contributed by atoms with E-state index in [1.165, 1.54) is 7.11 Å². The van der Waals surface area contributed by atoms with Gasteiger partial charge in [0, 0.05) is 37.8 Å². The number of halogens is 4. The van der Waals surface area contributed by atoms with Crippen LogP contribution < -0.4 is 9.47 Å². The van der Waals surface area contributed by atoms with Crippen LogP contribution in [0.25, 0.3) is 0 Å². The summed E-state index contributed by atoms with van der Waals surface area (Å²) in [6.45, 7) is 6.74. The van der Waals surface area contributed by atoms with E-state index in [2.05, 4.69) is 0 Å². The number of alkyl halides is 3. The van der Waals surface area contributed by atoms with Crippen molar-refractivity contribution >= 4 is 5.91 Å². The summed E-state index contributed by atoms with van der Waals surface area (Å²) in [5, 5.41) is 0. The van der Waals surface area contributed by atoms with Gasteiger partial charge in [0.05, 0.1) is 18.3 Å². The molecule has 6 nitrogen and oxygen atoms in total. The average Bonchev–Trinajstić information content (AvgIpc) is 3.13. The highest BCUT2D eigenvalue weighted by Crippen LogP contribution is 2.45. The molecule has 3 heterocycles. The molecule has 0 N–H and O–H groups in total. The number of aromatic nitrogens is 1. The minimum Gasteiger partial charge on any atom is -0.493 e. The normalized spacial score (nSPS) is 18.5. The van der Waals surface area contributed by atoms with Crippen molar-refractivity contribution < 1.29 is 31.8 Å². The zero-order valence-electron chi connectivity index (χ0n) is 20.6. The third-order valence-electron chi connectivity index (χ3n) is 6.88. The number of likely N-dealkylation sites (tertiary alicyclic amines) is 1. The highest BCUT2D eigenvalue weighted by atomic mass is 19.4. The van der Waals surface area contributed by atoms with E-state index in [9.17, 15) is 22.4 Å². The van der Waals surface area contributed by atoms with E-state index in [4.69, 9.17) is 9.47 Å². The van der Waals surface area contributed by atoms with Gasteiger partial charge < -0.3 is 18.9 Å². The van der Waals surface area contributed by atoms with Crippen LogP contribution in [0.4, 0.5) is 17.6 Å². The van der Waals surface area contributed by atoms with Crippen molar-refractivity contribution in [1.82, 2.24) is 14.4 Å². The number of likely N-dealkylation sites (N-methyl/N-ethyl adjacent to an activating group) is 1. The number of hydrogen-bond acceptors (Lipinski definition) is 4. The maximum Gasteiger partial charge on any atom is 0.431 e. The predicted molar refractivity (Wildman–Crippen MR) is 122 cm³/mol. The van der Waals surface area contributed by atoms with Crippen LogP contribution in [0, 0.1) is 5.82 Å². The Morgan fingerprint density at radius 1 is 1.00 bits per heavy atom. The lowest BCUT2D eigenvalue weighted by molar-refractivity contribution is -0.144. The standard InChI is InChI=1S/C25H31F4N3O3/c1-23(2,3)35-18-7-6-16(14-19(18)34-5)22(33)31-10-8-24(9-11-31)21-17(26)15-20(25(27,28)29)32(21)13-12-30(24)4/h6-7,14-15H,8-13H2,1-5H3. The van der Waals surface area contributed by atoms with Crippen molar-refractivity contribution in [2.45, 2.75) is 57.5 Å². The van der Waals surface area contributed by atoms with E-state index in [-0.39, 0.29) is 31.2 Å². The van der Waals surface area contributed by atoms with Gasteiger partial charge in [-0.15, -0.1) is 0 Å². The highest BCUT2D eigenvalue weighted by Gasteiger charge is 2.49. The van der Waals surface area contributed by atoms with Crippen LogP contribution in [-0.4, -0.2) is 59.7 Å². The summed E-state index contributed by atoms with van der Waals surface area (Å²) in [7, 11) is 3.31. The summed E-state index contributed by atoms with van der Waals surface area (Å²) in [4.78, 5) is 16.8. The fourth-order valence-corrected chi connectivity index (χ4v) is 5.20. The monoisotopic (exact) mass is 497 g/mol. The first kappa shape index (κ1) is 25.3. The fourth-order valence-electron chi connectivity index (χ4n) is 5.20. The van der Waals surface area contributed by atoms with Crippen LogP contribution >= 0.6 is 0 Å². The minimum atomic E-state index is -4.63. The molecule has 1 spiro atoms. The molecule has 1 aromatic carbocycles. The Balaban J connectivity index is 1.57. The third kappa shape index (κ3) is 4.60. The highest BCUT2D eigenvalue weighted by molar-refractivity contribution is 5.95. The Morgan fingerprint density at radius 3 is 2.23 bits per heavy atom. The second-order valence-electron chi connectivity index (χ2n) is 10.2. The van der Waals surface area contributed by atoms with E-state index in [1.807, 2.05) is 25.7 Å². The van der Waals surface area contributed by atoms with Gasteiger partial charge in [0.1, 0.15) is 17.1 Å². The number of amides is 1. The molecule has 1 fully saturated rings. The lowest BCUT2D eigenvalue weighted by Gasteiger charge is -2.50. The molecule has 1 aromatic heterocycles. The van der Waals surface area contributed by atoms with Crippen molar-refractivity contribution in [2.75, 3.05) is 33.8 Å². The second kappa shape index (κ2) is 8.72. The maximum absolute atomic E-state index is 14.9. The summed E-state index contributed by atoms with van der Waals surface area (Å²) in [6.07, 6.45) is -3.97. The number of hydrogen-bond donors (Lipinski definition) is 0. The van der Waals surface area contributed by atoms with E-state index < -0.39 is 28.8 Å². The maximum atomic E-state index is 14.9. The number of methoxy groups -OCH3 is 1. The average molecular weight is 498 g/mol. The quantitative estimate of drug-likeness (QED) is 0.566. The molecule has 0 saturated carbocycles. The predicted octanol–water partition coefficient (Wildman–Crippen LogP) is 4.91. The van der Waals surface area contributed by atoms with Crippen LogP contribution in [0.1, 0.15) is 55.4 Å². The second-order valence-corrected chi connectivity index (χ2v) is 10.2. The van der Waals surface area contributed by atoms with Gasteiger partial charge in [-0.25, -0.2) is 4.39 Å². The van der Waals surface area contributed by atoms with Crippen LogP contribution in [0.2, 0.25) is 0 Å². The van der Waals surface area contributed by atoms with E-state index >= 15 is 0 Å². The molecular formula is C25H31F4N3O3. The third-order valence-corrected chi connectivity index (χ3v) is 6.88. The van der Waals surface area contributed by atoms with Gasteiger partial charge in [-0.1, -0.05) is 0 Å². The topological polar surface area (TPSA) is 46.9 Å². The Bertz CT molecular complexity index is 1110. The van der Waals surface area contributed by atoms with Crippen molar-refractivity contribution in [2.24, 2.45) is 0 Å². The summed E-state index contributed by atoms with van der Waals surface area (Å²) in [5.74, 6) is -0.103. The summed E-state index contributed by atoms with van der Waals surface area (Å²) in [5.41, 5.74) is -1.81. The molecule has 0 radical (unpaired) electrons. The number of benzene rings is 1. The first-order valence-corrected chi connectivity index (χ1v) is 11.6. The molecule has 0 bridgehead atoms. The van der Waals surface area contributed by atoms with E-state index in [1.54, 1.807) is 30.1 Å². The lowest BCUT2D eigenvalue weighted by Crippen LogP contribution is -2.57. The smallest absolute Gasteiger partial charge is 0.431 e. The van der Waals surface area contributed by atoms with Crippen molar-refractivity contribution in [3.63, 3.8) is 0 Å². The van der Waals surface area contributed by atoms with Crippen LogP contribution in [0.3, 0.4) is 0 Å². The Kier molecular flexibility index (Phi) is 6.32. The number of carbonyl (C=O) groups is 1. The van der Waals surface area contributed by atoms with Crippen molar-refractivity contribution in [3.05, 3.63) is 47.0 Å². The molecule has 1 saturated heterocycles. The molecular weight excluding hydrogens is 466 g/mol. The number of rotatable bonds is 3. The van der Waals surface area contributed by atoms with Crippen molar-refractivity contribution in [1.29, 1.82) is 0 Å². The van der Waals surface area contributed by atoms with Crippen LogP contribution in [0.15, 0.2) is 24.3 Å². The van der Waals surface area contributed by atoms with Crippen molar-refractivity contribution in [3.8, 4) is 11.5 Å². The van der Waals surface area contributed by atoms with Gasteiger partial charge in [-0.2, -0.15) is 13.2 Å². The van der Waals surface area contributed by atoms with Gasteiger partial charge >= 0.3 is 6.18 Å². The largest absolute Gasteiger partial charge is 0.493 e. The first-order valence-electron chi connectivity index (χ1n) is 11.6. The molecule has 10 heteroatoms. The Labute approximate surface area is 202 Å². The number of carbonyl (C=O) groups excluding carboxylic acids is 1. The molecule has 35 heavy (non-hydrogen) atoms. The lowest BCUT2D eigenvalue weighted by atomic mass is 9.81. The zero-order valence-corrected chi connectivity index (χ0v) is 20.6. The van der Waals surface area contributed by atoms with Gasteiger partial charge in [-0.3, -0.25) is 9.69 Å². The summed E-state index contributed by atoms with van der Waals surface area (Å²) >= 11 is 0. The molecule has 1 amide bonds. The molecule has 2 aromatic rings. The molecule has 192 valence electrons. The van der Waals surface area contributed by atoms with Crippen LogP contribution in [0.5, 0.6) is 11.5 Å². The molecule has 0 unspecified atom stereocenters. The molecule has 4 rings (SSSR count). The van der Waals surface area contributed by atoms with Gasteiger partial charge in [-0.05, 0) is 58.9 Å². The summed E-state index contributed by atoms with van der Waals surface area (Å²) < 4.78 is 67.8. The molecule has 2 aliphatic heterocycles. The van der Waals surface area contributed by atoms with E-state index in [0.29, 0.717) is 42.5 Å². The molecule has 2 aliphatic rings. The number of nitrogens with zero attached hydrogens (tertiary/aromatic N) is 3. The van der Waals surface area contributed by atoms with Crippen LogP contribution in [-0.2, 0) is 18.3 Å². The molecule has 0 atom stereocenters. The number of piperidine rings is 1. The summed E-state index contributed by atoms with van der Waals surface area (Å²) in [6, 6.07) is 5.59. The van der Waals surface area contributed by atoms with Gasteiger partial charge in [0.25, 0.3) is 5.91 Å². The molecule has 0 aliphatic carbocycles. The SMILES string of the molecule is COc1cc(C(=O)N2CCC3(CC2)c2c(F)cc(C(F)(F)F)n2CCN3C)ccc1OC(C)(C)C. The van der Waals surface area contributed by atoms with Gasteiger partial charge in [0.15, 0.2) is 11.5 Å². The number of ether oxygens (including phenoxy) is 2. The Morgan fingerprint density at radius 2 is 1.66 bits per heavy atom. The first-order chi connectivity index (χ1) is 16.3. The fraction of sp³-hybridized carbons (Fsp3) is 0.560. The van der Waals surface area contributed by atoms with Gasteiger partial charge in [0.2, 0.25) is 0 Å². The zero-order chi connectivity index (χ0) is 25.8. The Hall–Kier alpha value is -2.75. The minimum absolute atomic E-state index is 0.0658. The number of fused-ring (bicyclic) bond motifs is 2. The van der Waals surface area contributed by atoms with E-state index in [0.717, 1.165) is 4.57 Å².